The number of amides is 1. The minimum absolute atomic E-state index is 0.173. The highest BCUT2D eigenvalue weighted by Gasteiger charge is 2.10. The van der Waals surface area contributed by atoms with Crippen LogP contribution in [-0.2, 0) is 0 Å². The second-order valence-corrected chi connectivity index (χ2v) is 4.81. The lowest BCUT2D eigenvalue weighted by Crippen LogP contribution is -2.14. The number of hydrogen-bond donors (Lipinski definition) is 1. The molecule has 0 radical (unpaired) electrons. The van der Waals surface area contributed by atoms with E-state index < -0.39 is 0 Å². The van der Waals surface area contributed by atoms with E-state index in [1.165, 1.54) is 6.20 Å². The molecule has 0 fully saturated rings. The largest absolute Gasteiger partial charge is 0.305 e. The van der Waals surface area contributed by atoms with E-state index in [0.717, 1.165) is 11.1 Å². The lowest BCUT2D eigenvalue weighted by atomic mass is 10.1. The first-order chi connectivity index (χ1) is 8.56. The van der Waals surface area contributed by atoms with Crippen LogP contribution in [0.3, 0.4) is 0 Å². The summed E-state index contributed by atoms with van der Waals surface area (Å²) >= 11 is 3.19. The number of nitrogens with zero attached hydrogens (tertiary/aromatic N) is 2. The van der Waals surface area contributed by atoms with Crippen LogP contribution in [0.2, 0.25) is 0 Å². The van der Waals surface area contributed by atoms with Crippen LogP contribution in [0.4, 0.5) is 5.82 Å². The molecule has 2 rings (SSSR count). The minimum Gasteiger partial charge on any atom is -0.305 e. The van der Waals surface area contributed by atoms with Crippen LogP contribution < -0.4 is 5.32 Å². The molecule has 0 saturated carbocycles. The monoisotopic (exact) mass is 305 g/mol. The normalized spacial score (nSPS) is 10.2. The van der Waals surface area contributed by atoms with Crippen molar-refractivity contribution in [1.29, 1.82) is 0 Å². The topological polar surface area (TPSA) is 54.9 Å². The molecule has 0 unspecified atom stereocenters. The van der Waals surface area contributed by atoms with E-state index in [4.69, 9.17) is 0 Å². The maximum atomic E-state index is 12.1. The fourth-order valence-electron chi connectivity index (χ4n) is 1.54. The molecule has 1 amide bonds. The lowest BCUT2D eigenvalue weighted by Gasteiger charge is -2.07. The van der Waals surface area contributed by atoms with Gasteiger partial charge in [-0.3, -0.25) is 4.79 Å². The van der Waals surface area contributed by atoms with E-state index in [0.29, 0.717) is 16.0 Å². The van der Waals surface area contributed by atoms with Crippen molar-refractivity contribution in [2.45, 2.75) is 13.8 Å². The molecule has 1 heterocycles. The molecule has 5 heteroatoms. The van der Waals surface area contributed by atoms with Crippen molar-refractivity contribution in [1.82, 2.24) is 9.97 Å². The number of rotatable bonds is 2. The highest BCUT2D eigenvalue weighted by molar-refractivity contribution is 9.10. The molecule has 4 nitrogen and oxygen atoms in total. The summed E-state index contributed by atoms with van der Waals surface area (Å²) in [5, 5.41) is 2.72. The number of hydrogen-bond acceptors (Lipinski definition) is 3. The van der Waals surface area contributed by atoms with Crippen molar-refractivity contribution in [3.05, 3.63) is 51.9 Å². The van der Waals surface area contributed by atoms with Crippen molar-refractivity contribution in [2.75, 3.05) is 5.32 Å². The summed E-state index contributed by atoms with van der Waals surface area (Å²) in [4.78, 5) is 20.1. The molecular weight excluding hydrogens is 294 g/mol. The summed E-state index contributed by atoms with van der Waals surface area (Å²) in [7, 11) is 0. The van der Waals surface area contributed by atoms with Gasteiger partial charge in [0.2, 0.25) is 0 Å². The molecular formula is C13H12BrN3O. The fourth-order valence-corrected chi connectivity index (χ4v) is 1.75. The first kappa shape index (κ1) is 12.7. The number of anilines is 1. The van der Waals surface area contributed by atoms with Crippen LogP contribution in [0.1, 0.15) is 21.5 Å². The molecule has 1 aromatic carbocycles. The highest BCUT2D eigenvalue weighted by atomic mass is 79.9. The predicted octanol–water partition coefficient (Wildman–Crippen LogP) is 3.11. The van der Waals surface area contributed by atoms with Gasteiger partial charge in [0.15, 0.2) is 5.82 Å². The molecule has 0 saturated heterocycles. The van der Waals surface area contributed by atoms with Gasteiger partial charge in [0.25, 0.3) is 5.91 Å². The van der Waals surface area contributed by atoms with Crippen molar-refractivity contribution in [3.63, 3.8) is 0 Å². The molecule has 92 valence electrons. The Labute approximate surface area is 114 Å². The molecule has 1 N–H and O–H groups in total. The van der Waals surface area contributed by atoms with Gasteiger partial charge in [-0.1, -0.05) is 17.7 Å². The van der Waals surface area contributed by atoms with Crippen LogP contribution in [0, 0.1) is 13.8 Å². The Hall–Kier alpha value is -1.75. The molecule has 0 spiro atoms. The molecule has 1 aromatic heterocycles. The number of halogens is 1. The average molecular weight is 306 g/mol. The van der Waals surface area contributed by atoms with Crippen LogP contribution >= 0.6 is 15.9 Å². The zero-order valence-corrected chi connectivity index (χ0v) is 11.7. The Kier molecular flexibility index (Phi) is 3.72. The third-order valence-electron chi connectivity index (χ3n) is 2.50. The van der Waals surface area contributed by atoms with Gasteiger partial charge in [0.1, 0.15) is 4.60 Å². The Morgan fingerprint density at radius 3 is 2.67 bits per heavy atom. The summed E-state index contributed by atoms with van der Waals surface area (Å²) < 4.78 is 0.632. The van der Waals surface area contributed by atoms with Crippen LogP contribution in [0.25, 0.3) is 0 Å². The third-order valence-corrected chi connectivity index (χ3v) is 2.91. The first-order valence-corrected chi connectivity index (χ1v) is 6.22. The van der Waals surface area contributed by atoms with Crippen LogP contribution in [0.5, 0.6) is 0 Å². The van der Waals surface area contributed by atoms with Gasteiger partial charge in [-0.25, -0.2) is 9.97 Å². The van der Waals surface area contributed by atoms with E-state index in [9.17, 15) is 4.79 Å². The Bertz CT molecular complexity index is 581. The second kappa shape index (κ2) is 5.27. The van der Waals surface area contributed by atoms with E-state index in [1.807, 2.05) is 32.0 Å². The SMILES string of the molecule is Cc1ccc(C)c(C(=O)Nc2cnc(Br)cn2)c1. The predicted molar refractivity (Wildman–Crippen MR) is 73.6 cm³/mol. The van der Waals surface area contributed by atoms with Gasteiger partial charge in [0, 0.05) is 5.56 Å². The van der Waals surface area contributed by atoms with E-state index >= 15 is 0 Å². The van der Waals surface area contributed by atoms with E-state index in [-0.39, 0.29) is 5.91 Å². The minimum atomic E-state index is -0.173. The van der Waals surface area contributed by atoms with Gasteiger partial charge in [-0.2, -0.15) is 0 Å². The summed E-state index contributed by atoms with van der Waals surface area (Å²) in [6.07, 6.45) is 3.05. The van der Waals surface area contributed by atoms with Crippen molar-refractivity contribution >= 4 is 27.7 Å². The summed E-state index contributed by atoms with van der Waals surface area (Å²) in [6.45, 7) is 3.86. The van der Waals surface area contributed by atoms with Gasteiger partial charge < -0.3 is 5.32 Å². The molecule has 18 heavy (non-hydrogen) atoms. The molecule has 0 aliphatic carbocycles. The summed E-state index contributed by atoms with van der Waals surface area (Å²) in [6, 6.07) is 5.76. The standard InChI is InChI=1S/C13H12BrN3O/c1-8-3-4-9(2)10(5-8)13(18)17-12-7-15-11(14)6-16-12/h3-7H,1-2H3,(H,16,17,18). The van der Waals surface area contributed by atoms with Gasteiger partial charge in [-0.15, -0.1) is 0 Å². The van der Waals surface area contributed by atoms with Gasteiger partial charge in [-0.05, 0) is 41.4 Å². The van der Waals surface area contributed by atoms with Gasteiger partial charge in [0.05, 0.1) is 12.4 Å². The summed E-state index contributed by atoms with van der Waals surface area (Å²) in [5.41, 5.74) is 2.63. The molecule has 0 bridgehead atoms. The Morgan fingerprint density at radius 2 is 2.00 bits per heavy atom. The van der Waals surface area contributed by atoms with Crippen molar-refractivity contribution < 1.29 is 4.79 Å². The molecule has 0 aliphatic heterocycles. The Balaban J connectivity index is 2.21. The zero-order valence-electron chi connectivity index (χ0n) is 10.1. The zero-order chi connectivity index (χ0) is 13.1. The fraction of sp³-hybridized carbons (Fsp3) is 0.154. The molecule has 0 atom stereocenters. The molecule has 2 aromatic rings. The average Bonchev–Trinajstić information content (AvgIpc) is 2.35. The summed E-state index contributed by atoms with van der Waals surface area (Å²) in [5.74, 6) is 0.261. The smallest absolute Gasteiger partial charge is 0.257 e. The van der Waals surface area contributed by atoms with Crippen molar-refractivity contribution in [2.24, 2.45) is 0 Å². The van der Waals surface area contributed by atoms with E-state index in [2.05, 4.69) is 31.2 Å². The first-order valence-electron chi connectivity index (χ1n) is 5.42. The maximum absolute atomic E-state index is 12.1. The number of carbonyl (C=O) groups is 1. The number of nitrogens with one attached hydrogen (secondary N) is 1. The second-order valence-electron chi connectivity index (χ2n) is 4.00. The quantitative estimate of drug-likeness (QED) is 0.927. The van der Waals surface area contributed by atoms with Crippen LogP contribution in [-0.4, -0.2) is 15.9 Å². The third kappa shape index (κ3) is 2.92. The number of aromatic nitrogens is 2. The number of carbonyl (C=O) groups excluding carboxylic acids is 1. The number of aryl methyl sites for hydroxylation is 2. The van der Waals surface area contributed by atoms with Crippen LogP contribution in [0.15, 0.2) is 35.2 Å². The Morgan fingerprint density at radius 1 is 1.22 bits per heavy atom. The highest BCUT2D eigenvalue weighted by Crippen LogP contribution is 2.13. The number of benzene rings is 1. The maximum Gasteiger partial charge on any atom is 0.257 e. The van der Waals surface area contributed by atoms with Gasteiger partial charge >= 0.3 is 0 Å². The molecule has 0 aliphatic rings. The van der Waals surface area contributed by atoms with E-state index in [1.54, 1.807) is 6.20 Å². The van der Waals surface area contributed by atoms with Crippen molar-refractivity contribution in [3.8, 4) is 0 Å². The lowest BCUT2D eigenvalue weighted by molar-refractivity contribution is 0.102.